The van der Waals surface area contributed by atoms with Crippen LogP contribution in [-0.4, -0.2) is 37.2 Å². The second kappa shape index (κ2) is 16.9. The SMILES string of the molecule is ClC(Cl)Cl.ClC(Cl)Cl.c1ccc2c(c1)nc1n2Cc2ccc(cc2)Cn2c(nc3ccccc32)-c2ccc(cc2)-c2nc3ccccc3n2Cc2ccc-1cc2. The molecule has 0 atom stereocenters. The number of para-hydroxylation sites is 6. The highest BCUT2D eigenvalue weighted by atomic mass is 35.6. The van der Waals surface area contributed by atoms with E-state index in [9.17, 15) is 0 Å². The molecule has 6 aromatic carbocycles. The Bertz CT molecular complexity index is 2740. The van der Waals surface area contributed by atoms with Gasteiger partial charge in [0.1, 0.15) is 17.5 Å². The average molecular weight is 858 g/mol. The van der Waals surface area contributed by atoms with E-state index in [0.29, 0.717) is 6.54 Å². The number of halogens is 6. The van der Waals surface area contributed by atoms with Gasteiger partial charge in [-0.3, -0.25) is 0 Å². The summed E-state index contributed by atoms with van der Waals surface area (Å²) in [7, 11) is 0. The van der Waals surface area contributed by atoms with Gasteiger partial charge in [0, 0.05) is 36.3 Å². The minimum atomic E-state index is -0.750. The van der Waals surface area contributed by atoms with E-state index >= 15 is 0 Å². The third kappa shape index (κ3) is 8.28. The molecule has 6 bridgehead atoms. The smallest absolute Gasteiger partial charge is 0.180 e. The summed E-state index contributed by atoms with van der Waals surface area (Å²) in [5.41, 5.74) is 13.3. The van der Waals surface area contributed by atoms with Crippen LogP contribution in [0.3, 0.4) is 0 Å². The van der Waals surface area contributed by atoms with Crippen molar-refractivity contribution in [3.8, 4) is 34.2 Å². The molecule has 4 aliphatic rings. The first-order chi connectivity index (χ1) is 27.2. The van der Waals surface area contributed by atoms with Crippen molar-refractivity contribution in [2.24, 2.45) is 0 Å². The molecule has 6 nitrogen and oxygen atoms in total. The molecule has 0 aliphatic carbocycles. The Balaban J connectivity index is 0.000000507. The van der Waals surface area contributed by atoms with Crippen LogP contribution in [0.25, 0.3) is 67.3 Å². The van der Waals surface area contributed by atoms with Gasteiger partial charge >= 0.3 is 0 Å². The average Bonchev–Trinajstić information content (AvgIpc) is 3.87. The zero-order valence-electron chi connectivity index (χ0n) is 29.6. The summed E-state index contributed by atoms with van der Waals surface area (Å²) < 4.78 is 5.50. The molecular formula is C44H32Cl6N6. The van der Waals surface area contributed by atoms with Crippen molar-refractivity contribution in [2.45, 2.75) is 28.2 Å². The Hall–Kier alpha value is -4.53. The van der Waals surface area contributed by atoms with Gasteiger partial charge in [-0.2, -0.15) is 0 Å². The van der Waals surface area contributed by atoms with Crippen LogP contribution >= 0.6 is 69.6 Å². The van der Waals surface area contributed by atoms with Crippen molar-refractivity contribution in [1.29, 1.82) is 0 Å². The molecule has 9 aromatic rings. The number of nitrogens with zero attached hydrogens (tertiary/aromatic N) is 6. The zero-order valence-corrected chi connectivity index (χ0v) is 34.1. The van der Waals surface area contributed by atoms with E-state index in [1.165, 1.54) is 16.7 Å². The largest absolute Gasteiger partial charge is 0.319 e. The lowest BCUT2D eigenvalue weighted by atomic mass is 10.1. The Morgan fingerprint density at radius 2 is 0.571 bits per heavy atom. The van der Waals surface area contributed by atoms with E-state index in [1.54, 1.807) is 0 Å². The minimum Gasteiger partial charge on any atom is -0.319 e. The Morgan fingerprint density at radius 3 is 0.857 bits per heavy atom. The molecule has 0 saturated heterocycles. The van der Waals surface area contributed by atoms with Crippen molar-refractivity contribution < 1.29 is 0 Å². The molecule has 0 N–H and O–H groups in total. The fourth-order valence-electron chi connectivity index (χ4n) is 7.19. The molecule has 56 heavy (non-hydrogen) atoms. The van der Waals surface area contributed by atoms with Crippen LogP contribution in [0.15, 0.2) is 146 Å². The molecule has 12 heteroatoms. The second-order valence-electron chi connectivity index (χ2n) is 13.1. The number of fused-ring (bicyclic) bond motifs is 6. The number of hydrogen-bond donors (Lipinski definition) is 0. The van der Waals surface area contributed by atoms with E-state index in [1.807, 2.05) is 0 Å². The van der Waals surface area contributed by atoms with Gasteiger partial charge in [0.25, 0.3) is 0 Å². The van der Waals surface area contributed by atoms with Gasteiger partial charge < -0.3 is 13.7 Å². The molecule has 13 rings (SSSR count). The third-order valence-corrected chi connectivity index (χ3v) is 9.62. The fraction of sp³-hybridized carbons (Fsp3) is 0.114. The highest BCUT2D eigenvalue weighted by molar-refractivity contribution is 6.63. The maximum Gasteiger partial charge on any atom is 0.180 e. The normalized spacial score (nSPS) is 12.2. The Labute approximate surface area is 353 Å². The van der Waals surface area contributed by atoms with Gasteiger partial charge in [-0.05, 0) is 53.1 Å². The number of alkyl halides is 6. The first-order valence-electron chi connectivity index (χ1n) is 17.7. The predicted molar refractivity (Wildman–Crippen MR) is 236 cm³/mol. The van der Waals surface area contributed by atoms with Gasteiger partial charge in [0.2, 0.25) is 0 Å². The highest BCUT2D eigenvalue weighted by Gasteiger charge is 2.18. The van der Waals surface area contributed by atoms with E-state index < -0.39 is 8.59 Å². The van der Waals surface area contributed by atoms with Crippen molar-refractivity contribution in [3.05, 3.63) is 162 Å². The quantitative estimate of drug-likeness (QED) is 0.143. The van der Waals surface area contributed by atoms with E-state index in [0.717, 1.165) is 80.4 Å². The van der Waals surface area contributed by atoms with Crippen molar-refractivity contribution in [1.82, 2.24) is 28.7 Å². The van der Waals surface area contributed by atoms with Crippen LogP contribution in [0.4, 0.5) is 0 Å². The van der Waals surface area contributed by atoms with Crippen molar-refractivity contribution in [2.75, 3.05) is 0 Å². The Kier molecular flexibility index (Phi) is 11.6. The summed E-state index contributed by atoms with van der Waals surface area (Å²) in [4.78, 5) is 15.4. The highest BCUT2D eigenvalue weighted by Crippen LogP contribution is 2.32. The summed E-state index contributed by atoms with van der Waals surface area (Å²) >= 11 is 28.8. The van der Waals surface area contributed by atoms with Crippen molar-refractivity contribution in [3.63, 3.8) is 0 Å². The minimum absolute atomic E-state index is 0.705. The first-order valence-corrected chi connectivity index (χ1v) is 20.3. The number of benzene rings is 6. The lowest BCUT2D eigenvalue weighted by molar-refractivity contribution is 0.820. The fourth-order valence-corrected chi connectivity index (χ4v) is 7.19. The molecule has 280 valence electrons. The van der Waals surface area contributed by atoms with Gasteiger partial charge in [-0.1, -0.05) is 179 Å². The van der Waals surface area contributed by atoms with E-state index in [4.69, 9.17) is 84.6 Å². The van der Waals surface area contributed by atoms with Crippen molar-refractivity contribution >= 4 is 103 Å². The Morgan fingerprint density at radius 1 is 0.339 bits per heavy atom. The molecule has 0 amide bonds. The van der Waals surface area contributed by atoms with Gasteiger partial charge in [-0.15, -0.1) is 0 Å². The number of imidazole rings is 3. The summed E-state index contributed by atoms with van der Waals surface area (Å²) in [5, 5.41) is 0. The summed E-state index contributed by atoms with van der Waals surface area (Å²) in [6.45, 7) is 2.16. The van der Waals surface area contributed by atoms with Crippen LogP contribution < -0.4 is 0 Å². The molecule has 0 unspecified atom stereocenters. The molecule has 0 radical (unpaired) electrons. The van der Waals surface area contributed by atoms with Crippen LogP contribution in [0.2, 0.25) is 0 Å². The molecule has 0 fully saturated rings. The zero-order chi connectivity index (χ0) is 38.8. The number of aromatic nitrogens is 6. The molecule has 3 aromatic heterocycles. The number of rotatable bonds is 0. The third-order valence-electron chi connectivity index (χ3n) is 9.62. The summed E-state index contributed by atoms with van der Waals surface area (Å²) in [6, 6.07) is 51.8. The molecule has 4 aliphatic heterocycles. The maximum atomic E-state index is 5.13. The van der Waals surface area contributed by atoms with Gasteiger partial charge in [-0.25, -0.2) is 15.0 Å². The lowest BCUT2D eigenvalue weighted by Crippen LogP contribution is -2.04. The predicted octanol–water partition coefficient (Wildman–Crippen LogP) is 13.2. The monoisotopic (exact) mass is 854 g/mol. The van der Waals surface area contributed by atoms with E-state index in [2.05, 4.69) is 159 Å². The van der Waals surface area contributed by atoms with Gasteiger partial charge in [0.15, 0.2) is 8.59 Å². The summed E-state index contributed by atoms with van der Waals surface area (Å²) in [5.74, 6) is 2.88. The van der Waals surface area contributed by atoms with Gasteiger partial charge in [0.05, 0.1) is 33.1 Å². The standard InChI is InChI=1S/C42H30N6.2CHCl3/c1-4-10-37-34(7-1)43-40-31-19-17-30(18-20-31)27-48-39-12-6-3-9-36(39)45-42(48)33-23-21-32(22-24-33)41-44-35-8-2-5-11-38(35)47(41)26-29-15-13-28(14-16-29)25-46(37)40;2*2-1(3)4/h1-24H,25-27H2;2*1H. The maximum absolute atomic E-state index is 5.13. The molecule has 0 spiro atoms. The number of hydrogen-bond acceptors (Lipinski definition) is 3. The van der Waals surface area contributed by atoms with Crippen LogP contribution in [-0.2, 0) is 19.6 Å². The first kappa shape index (κ1) is 38.3. The van der Waals surface area contributed by atoms with Crippen LogP contribution in [0, 0.1) is 0 Å². The second-order valence-corrected chi connectivity index (χ2v) is 17.1. The van der Waals surface area contributed by atoms with Crippen LogP contribution in [0.5, 0.6) is 0 Å². The molecule has 7 heterocycles. The topological polar surface area (TPSA) is 53.5 Å². The lowest BCUT2D eigenvalue weighted by Gasteiger charge is -2.12. The summed E-state index contributed by atoms with van der Waals surface area (Å²) in [6.07, 6.45) is 0. The van der Waals surface area contributed by atoms with Crippen LogP contribution in [0.1, 0.15) is 16.7 Å². The van der Waals surface area contributed by atoms with E-state index in [-0.39, 0.29) is 0 Å². The molecule has 0 saturated carbocycles. The molecular weight excluding hydrogens is 825 g/mol.